The Balaban J connectivity index is 1.88. The number of thiazole rings is 1. The van der Waals surface area contributed by atoms with E-state index in [0.29, 0.717) is 16.5 Å². The first kappa shape index (κ1) is 14.0. The first-order valence-corrected chi connectivity index (χ1v) is 7.12. The number of aromatic nitrogens is 1. The van der Waals surface area contributed by atoms with E-state index in [2.05, 4.69) is 31.9 Å². The molecule has 22 heavy (non-hydrogen) atoms. The highest BCUT2D eigenvalue weighted by molar-refractivity contribution is 7.11. The first-order chi connectivity index (χ1) is 10.6. The maximum Gasteiger partial charge on any atom is 0.348 e. The van der Waals surface area contributed by atoms with Gasteiger partial charge in [-0.25, -0.2) is 9.78 Å². The van der Waals surface area contributed by atoms with Crippen LogP contribution >= 0.6 is 11.3 Å². The largest absolute Gasteiger partial charge is 0.362 e. The zero-order valence-corrected chi connectivity index (χ0v) is 12.3. The van der Waals surface area contributed by atoms with E-state index < -0.39 is 0 Å². The van der Waals surface area contributed by atoms with Crippen LogP contribution in [0.3, 0.4) is 0 Å². The van der Waals surface area contributed by atoms with Crippen LogP contribution in [0.15, 0.2) is 21.5 Å². The number of nitrogens with one attached hydrogen (secondary N) is 2. The molecule has 2 aliphatic heterocycles. The minimum atomic E-state index is -0.345. The van der Waals surface area contributed by atoms with Crippen molar-refractivity contribution in [2.75, 3.05) is 20.3 Å². The Morgan fingerprint density at radius 2 is 2.45 bits per heavy atom. The number of hydrogen-bond donors (Lipinski definition) is 2. The van der Waals surface area contributed by atoms with Gasteiger partial charge in [0.2, 0.25) is 0 Å². The number of amides is 3. The molecular formula is C12H11N7O2S. The highest BCUT2D eigenvalue weighted by Crippen LogP contribution is 2.30. The summed E-state index contributed by atoms with van der Waals surface area (Å²) in [5.74, 6) is 2.37. The van der Waals surface area contributed by atoms with Gasteiger partial charge in [0.25, 0.3) is 5.91 Å². The van der Waals surface area contributed by atoms with E-state index >= 15 is 0 Å². The Kier molecular flexibility index (Phi) is 3.48. The van der Waals surface area contributed by atoms with Gasteiger partial charge in [-0.15, -0.1) is 22.9 Å². The Hall–Kier alpha value is -2.93. The van der Waals surface area contributed by atoms with Crippen molar-refractivity contribution in [3.8, 4) is 12.3 Å². The van der Waals surface area contributed by atoms with Gasteiger partial charge in [-0.05, 0) is 0 Å². The monoisotopic (exact) mass is 317 g/mol. The molecule has 0 radical (unpaired) electrons. The molecule has 0 unspecified atom stereocenters. The lowest BCUT2D eigenvalue weighted by atomic mass is 10.4. The molecule has 0 spiro atoms. The molecule has 0 fully saturated rings. The molecule has 0 bridgehead atoms. The van der Waals surface area contributed by atoms with Crippen LogP contribution in [0.1, 0.15) is 15.5 Å². The van der Waals surface area contributed by atoms with Crippen molar-refractivity contribution in [1.82, 2.24) is 25.5 Å². The zero-order chi connectivity index (χ0) is 15.7. The Morgan fingerprint density at radius 1 is 1.64 bits per heavy atom. The smallest absolute Gasteiger partial charge is 0.348 e. The standard InChI is InChI=1S/C12H11N7O2S/c1-3-4-13-10(20)7-5-22-11(15-7)8-9-16-17-18(2)12(21)19(9)6-14-8/h1,5,14H,4,6H2,2H3,(H,13,20). The average Bonchev–Trinajstić information content (AvgIpc) is 3.15. The maximum absolute atomic E-state index is 11.9. The molecule has 9 nitrogen and oxygen atoms in total. The quantitative estimate of drug-likeness (QED) is 0.789. The maximum atomic E-state index is 11.9. The number of fused-ring (bicyclic) bond motifs is 1. The van der Waals surface area contributed by atoms with Crippen LogP contribution in [-0.4, -0.2) is 47.1 Å². The van der Waals surface area contributed by atoms with Crippen molar-refractivity contribution >= 4 is 29.0 Å². The van der Waals surface area contributed by atoms with Crippen LogP contribution in [0.5, 0.6) is 0 Å². The van der Waals surface area contributed by atoms with Gasteiger partial charge in [0.15, 0.2) is 5.82 Å². The zero-order valence-electron chi connectivity index (χ0n) is 11.5. The fourth-order valence-corrected chi connectivity index (χ4v) is 2.73. The molecule has 0 aliphatic carbocycles. The third-order valence-corrected chi connectivity index (χ3v) is 3.84. The molecule has 3 heterocycles. The van der Waals surface area contributed by atoms with Crippen molar-refractivity contribution in [2.24, 2.45) is 10.3 Å². The van der Waals surface area contributed by atoms with Gasteiger partial charge in [-0.1, -0.05) is 11.1 Å². The summed E-state index contributed by atoms with van der Waals surface area (Å²) in [4.78, 5) is 29.4. The summed E-state index contributed by atoms with van der Waals surface area (Å²) in [5, 5.41) is 16.7. The Labute approximate surface area is 129 Å². The summed E-state index contributed by atoms with van der Waals surface area (Å²) in [6.45, 7) is 0.422. The number of rotatable bonds is 3. The molecule has 3 rings (SSSR count). The Morgan fingerprint density at radius 3 is 3.23 bits per heavy atom. The predicted octanol–water partition coefficient (Wildman–Crippen LogP) is 0.428. The molecule has 10 heteroatoms. The second-order valence-corrected chi connectivity index (χ2v) is 5.24. The van der Waals surface area contributed by atoms with E-state index in [-0.39, 0.29) is 30.8 Å². The van der Waals surface area contributed by atoms with Crippen molar-refractivity contribution in [3.63, 3.8) is 0 Å². The van der Waals surface area contributed by atoms with E-state index in [1.807, 2.05) is 0 Å². The summed E-state index contributed by atoms with van der Waals surface area (Å²) in [7, 11) is 1.53. The van der Waals surface area contributed by atoms with E-state index in [1.165, 1.54) is 23.3 Å². The minimum Gasteiger partial charge on any atom is -0.362 e. The van der Waals surface area contributed by atoms with Crippen LogP contribution in [0, 0.1) is 12.3 Å². The van der Waals surface area contributed by atoms with Gasteiger partial charge in [0, 0.05) is 12.4 Å². The van der Waals surface area contributed by atoms with Crippen LogP contribution in [-0.2, 0) is 0 Å². The van der Waals surface area contributed by atoms with E-state index in [0.717, 1.165) is 5.01 Å². The first-order valence-electron chi connectivity index (χ1n) is 6.24. The highest BCUT2D eigenvalue weighted by Gasteiger charge is 2.34. The molecule has 0 aromatic carbocycles. The lowest BCUT2D eigenvalue weighted by molar-refractivity contribution is 0.0954. The van der Waals surface area contributed by atoms with Crippen LogP contribution in [0.25, 0.3) is 5.70 Å². The molecule has 2 N–H and O–H groups in total. The number of nitrogens with zero attached hydrogens (tertiary/aromatic N) is 5. The van der Waals surface area contributed by atoms with Gasteiger partial charge in [0.05, 0.1) is 13.2 Å². The second kappa shape index (κ2) is 5.45. The third kappa shape index (κ3) is 2.27. The number of hydrogen-bond acceptors (Lipinski definition) is 7. The molecule has 112 valence electrons. The molecule has 0 saturated carbocycles. The number of urea groups is 1. The van der Waals surface area contributed by atoms with Gasteiger partial charge in [-0.2, -0.15) is 5.01 Å². The van der Waals surface area contributed by atoms with E-state index in [1.54, 1.807) is 5.38 Å². The molecule has 1 aromatic rings. The summed E-state index contributed by atoms with van der Waals surface area (Å²) in [6, 6.07) is -0.281. The summed E-state index contributed by atoms with van der Waals surface area (Å²) in [5.41, 5.74) is 0.839. The van der Waals surface area contributed by atoms with Crippen molar-refractivity contribution < 1.29 is 9.59 Å². The molecule has 2 aliphatic rings. The van der Waals surface area contributed by atoms with E-state index in [4.69, 9.17) is 6.42 Å². The highest BCUT2D eigenvalue weighted by atomic mass is 32.1. The van der Waals surface area contributed by atoms with Gasteiger partial charge >= 0.3 is 6.03 Å². The van der Waals surface area contributed by atoms with Gasteiger partial charge in [-0.3, -0.25) is 9.69 Å². The lowest BCUT2D eigenvalue weighted by Crippen LogP contribution is -2.40. The number of carbonyl (C=O) groups is 2. The summed E-state index contributed by atoms with van der Waals surface area (Å²) < 4.78 is 0. The Bertz CT molecular complexity index is 745. The fourth-order valence-electron chi connectivity index (χ4n) is 1.92. The van der Waals surface area contributed by atoms with Gasteiger partial charge < -0.3 is 10.6 Å². The topological polar surface area (TPSA) is 102 Å². The molecular weight excluding hydrogens is 306 g/mol. The average molecular weight is 317 g/mol. The van der Waals surface area contributed by atoms with Crippen molar-refractivity contribution in [2.45, 2.75) is 0 Å². The molecule has 0 saturated heterocycles. The van der Waals surface area contributed by atoms with Crippen LogP contribution in [0.4, 0.5) is 4.79 Å². The summed E-state index contributed by atoms with van der Waals surface area (Å²) in [6.07, 6.45) is 5.09. The van der Waals surface area contributed by atoms with Gasteiger partial charge in [0.1, 0.15) is 16.4 Å². The van der Waals surface area contributed by atoms with E-state index in [9.17, 15) is 9.59 Å². The minimum absolute atomic E-state index is 0.140. The normalized spacial score (nSPS) is 16.5. The van der Waals surface area contributed by atoms with Crippen LogP contribution < -0.4 is 10.6 Å². The lowest BCUT2D eigenvalue weighted by Gasteiger charge is -2.23. The van der Waals surface area contributed by atoms with Crippen molar-refractivity contribution in [1.29, 1.82) is 0 Å². The number of terminal acetylenes is 1. The third-order valence-electron chi connectivity index (χ3n) is 2.98. The molecule has 0 atom stereocenters. The van der Waals surface area contributed by atoms with Crippen LogP contribution in [0.2, 0.25) is 0 Å². The van der Waals surface area contributed by atoms with Crippen molar-refractivity contribution in [3.05, 3.63) is 21.9 Å². The molecule has 1 aromatic heterocycles. The number of carbonyl (C=O) groups excluding carboxylic acids is 2. The predicted molar refractivity (Wildman–Crippen MR) is 78.1 cm³/mol. The molecule has 3 amide bonds. The fraction of sp³-hybridized carbons (Fsp3) is 0.250. The second-order valence-electron chi connectivity index (χ2n) is 4.38. The SMILES string of the molecule is C#CCNC(=O)c1csc(C2=C3N=NN(C)C(=O)N3CN2)n1. The summed E-state index contributed by atoms with van der Waals surface area (Å²) >= 11 is 1.27.